The maximum absolute atomic E-state index is 12.0. The molecule has 1 heterocycles. The summed E-state index contributed by atoms with van der Waals surface area (Å²) in [5.41, 5.74) is 2.28. The van der Waals surface area contributed by atoms with E-state index in [0.29, 0.717) is 0 Å². The van der Waals surface area contributed by atoms with Crippen LogP contribution in [0.1, 0.15) is 23.2 Å². The molecular weight excluding hydrogens is 340 g/mol. The van der Waals surface area contributed by atoms with E-state index in [-0.39, 0.29) is 12.1 Å². The quantitative estimate of drug-likeness (QED) is 0.659. The zero-order chi connectivity index (χ0) is 18.2. The Morgan fingerprint density at radius 3 is 1.62 bits per heavy atom. The Bertz CT molecular complexity index is 811. The van der Waals surface area contributed by atoms with Crippen LogP contribution < -0.4 is 0 Å². The first kappa shape index (κ1) is 18.1. The van der Waals surface area contributed by atoms with E-state index in [2.05, 4.69) is 29.3 Å². The van der Waals surface area contributed by atoms with E-state index in [1.165, 1.54) is 0 Å². The van der Waals surface area contributed by atoms with Gasteiger partial charge in [-0.1, -0.05) is 97.1 Å². The van der Waals surface area contributed by atoms with E-state index < -0.39 is 11.0 Å². The molecule has 0 bridgehead atoms. The van der Waals surface area contributed by atoms with Crippen molar-refractivity contribution in [3.8, 4) is 0 Å². The highest BCUT2D eigenvalue weighted by molar-refractivity contribution is 7.82. The summed E-state index contributed by atoms with van der Waals surface area (Å²) in [5.74, 6) is 0. The van der Waals surface area contributed by atoms with Gasteiger partial charge in [0, 0.05) is 6.26 Å². The second-order valence-electron chi connectivity index (χ2n) is 5.91. The maximum Gasteiger partial charge on any atom is 0.117 e. The lowest BCUT2D eigenvalue weighted by molar-refractivity contribution is 0.450. The van der Waals surface area contributed by atoms with Gasteiger partial charge in [-0.25, -0.2) is 4.21 Å². The summed E-state index contributed by atoms with van der Waals surface area (Å²) in [6, 6.07) is 32.3. The van der Waals surface area contributed by atoms with Gasteiger partial charge in [0.15, 0.2) is 0 Å². The SMILES string of the molecule is CS(=O)N1C=NC(c2ccccc2)C1c1ccccc1.c1ccccc1. The zero-order valence-electron chi connectivity index (χ0n) is 14.7. The van der Waals surface area contributed by atoms with Gasteiger partial charge >= 0.3 is 0 Å². The van der Waals surface area contributed by atoms with Crippen LogP contribution in [-0.4, -0.2) is 21.1 Å². The Hall–Kier alpha value is -2.72. The second kappa shape index (κ2) is 9.11. The molecule has 0 aromatic heterocycles. The highest BCUT2D eigenvalue weighted by Crippen LogP contribution is 2.40. The van der Waals surface area contributed by atoms with Crippen molar-refractivity contribution in [2.45, 2.75) is 12.1 Å². The third kappa shape index (κ3) is 4.46. The zero-order valence-corrected chi connectivity index (χ0v) is 15.5. The molecular formula is C22H22N2OS. The van der Waals surface area contributed by atoms with Crippen molar-refractivity contribution in [1.82, 2.24) is 4.31 Å². The molecule has 3 aromatic carbocycles. The summed E-state index contributed by atoms with van der Waals surface area (Å²) in [6.45, 7) is 0. The van der Waals surface area contributed by atoms with E-state index in [0.717, 1.165) is 11.1 Å². The lowest BCUT2D eigenvalue weighted by Crippen LogP contribution is -2.27. The number of hydrogen-bond donors (Lipinski definition) is 0. The van der Waals surface area contributed by atoms with Crippen LogP contribution in [0.3, 0.4) is 0 Å². The molecule has 3 unspecified atom stereocenters. The fourth-order valence-electron chi connectivity index (χ4n) is 2.94. The van der Waals surface area contributed by atoms with Crippen molar-refractivity contribution in [3.05, 3.63) is 108 Å². The maximum atomic E-state index is 12.0. The summed E-state index contributed by atoms with van der Waals surface area (Å²) < 4.78 is 13.8. The minimum atomic E-state index is -1.08. The molecule has 0 aliphatic carbocycles. The van der Waals surface area contributed by atoms with Crippen LogP contribution in [0.25, 0.3) is 0 Å². The van der Waals surface area contributed by atoms with Crippen molar-refractivity contribution in [2.24, 2.45) is 4.99 Å². The van der Waals surface area contributed by atoms with Gasteiger partial charge in [0.2, 0.25) is 0 Å². The predicted molar refractivity (Wildman–Crippen MR) is 109 cm³/mol. The topological polar surface area (TPSA) is 32.7 Å². The van der Waals surface area contributed by atoms with Gasteiger partial charge < -0.3 is 0 Å². The van der Waals surface area contributed by atoms with Crippen LogP contribution in [0.4, 0.5) is 0 Å². The highest BCUT2D eigenvalue weighted by atomic mass is 32.2. The standard InChI is InChI=1S/C16H16N2OS.C6H6/c1-20(19)18-12-17-15(13-8-4-2-5-9-13)16(18)14-10-6-3-7-11-14;1-2-4-6-5-3-1/h2-12,15-16H,1H3;1-6H. The Balaban J connectivity index is 0.000000278. The summed E-state index contributed by atoms with van der Waals surface area (Å²) in [7, 11) is -1.08. The van der Waals surface area contributed by atoms with Crippen LogP contribution in [0.2, 0.25) is 0 Å². The van der Waals surface area contributed by atoms with Gasteiger partial charge in [0.05, 0.1) is 12.4 Å². The number of aliphatic imine (C=N–C) groups is 1. The fourth-order valence-corrected chi connectivity index (χ4v) is 3.68. The van der Waals surface area contributed by atoms with Gasteiger partial charge in [-0.15, -0.1) is 0 Å². The fraction of sp³-hybridized carbons (Fsp3) is 0.136. The third-order valence-electron chi connectivity index (χ3n) is 4.16. The lowest BCUT2D eigenvalue weighted by atomic mass is 9.95. The van der Waals surface area contributed by atoms with E-state index >= 15 is 0 Å². The van der Waals surface area contributed by atoms with Crippen LogP contribution >= 0.6 is 0 Å². The first-order valence-electron chi connectivity index (χ1n) is 8.52. The molecule has 0 N–H and O–H groups in total. The molecule has 1 aliphatic heterocycles. The molecule has 4 rings (SSSR count). The van der Waals surface area contributed by atoms with Crippen molar-refractivity contribution >= 4 is 17.3 Å². The minimum absolute atomic E-state index is 0.00978. The number of hydrogen-bond acceptors (Lipinski definition) is 2. The number of benzene rings is 3. The largest absolute Gasteiger partial charge is 0.272 e. The molecule has 3 atom stereocenters. The first-order chi connectivity index (χ1) is 12.8. The summed E-state index contributed by atoms with van der Waals surface area (Å²) >= 11 is 0. The highest BCUT2D eigenvalue weighted by Gasteiger charge is 2.34. The normalized spacial score (nSPS) is 19.5. The summed E-state index contributed by atoms with van der Waals surface area (Å²) in [6.07, 6.45) is 3.40. The van der Waals surface area contributed by atoms with Gasteiger partial charge in [0.25, 0.3) is 0 Å². The smallest absolute Gasteiger partial charge is 0.117 e. The van der Waals surface area contributed by atoms with Crippen molar-refractivity contribution in [1.29, 1.82) is 0 Å². The van der Waals surface area contributed by atoms with Crippen molar-refractivity contribution in [3.63, 3.8) is 0 Å². The van der Waals surface area contributed by atoms with Gasteiger partial charge in [-0.2, -0.15) is 0 Å². The molecule has 0 spiro atoms. The predicted octanol–water partition coefficient (Wildman–Crippen LogP) is 4.79. The van der Waals surface area contributed by atoms with Crippen molar-refractivity contribution < 1.29 is 4.21 Å². The molecule has 3 aromatic rings. The van der Waals surface area contributed by atoms with E-state index in [9.17, 15) is 4.21 Å². The lowest BCUT2D eigenvalue weighted by Gasteiger charge is -2.26. The molecule has 3 nitrogen and oxygen atoms in total. The monoisotopic (exact) mass is 362 g/mol. The first-order valence-corrected chi connectivity index (χ1v) is 10.0. The third-order valence-corrected chi connectivity index (χ3v) is 5.08. The molecule has 4 heteroatoms. The molecule has 0 saturated carbocycles. The van der Waals surface area contributed by atoms with E-state index in [1.54, 1.807) is 12.6 Å². The summed E-state index contributed by atoms with van der Waals surface area (Å²) in [4.78, 5) is 4.57. The second-order valence-corrected chi connectivity index (χ2v) is 7.18. The average Bonchev–Trinajstić information content (AvgIpc) is 3.17. The van der Waals surface area contributed by atoms with Crippen LogP contribution in [-0.2, 0) is 11.0 Å². The molecule has 0 amide bonds. The molecule has 0 radical (unpaired) electrons. The Kier molecular flexibility index (Phi) is 6.34. The Morgan fingerprint density at radius 2 is 1.15 bits per heavy atom. The Labute approximate surface area is 157 Å². The summed E-state index contributed by atoms with van der Waals surface area (Å²) in [5, 5.41) is 0. The molecule has 1 aliphatic rings. The molecule has 0 fully saturated rings. The van der Waals surface area contributed by atoms with Crippen molar-refractivity contribution in [2.75, 3.05) is 6.26 Å². The Morgan fingerprint density at radius 1 is 0.731 bits per heavy atom. The van der Waals surface area contributed by atoms with Crippen LogP contribution in [0.15, 0.2) is 102 Å². The van der Waals surface area contributed by atoms with E-state index in [4.69, 9.17) is 0 Å². The van der Waals surface area contributed by atoms with E-state index in [1.807, 2.05) is 77.1 Å². The number of rotatable bonds is 3. The number of nitrogens with zero attached hydrogens (tertiary/aromatic N) is 2. The molecule has 0 saturated heterocycles. The van der Waals surface area contributed by atoms with Gasteiger partial charge in [-0.05, 0) is 11.1 Å². The van der Waals surface area contributed by atoms with Crippen LogP contribution in [0, 0.1) is 0 Å². The molecule has 26 heavy (non-hydrogen) atoms. The van der Waals surface area contributed by atoms with Crippen LogP contribution in [0.5, 0.6) is 0 Å². The van der Waals surface area contributed by atoms with Gasteiger partial charge in [-0.3, -0.25) is 9.30 Å². The minimum Gasteiger partial charge on any atom is -0.272 e. The molecule has 132 valence electrons. The average molecular weight is 362 g/mol. The van der Waals surface area contributed by atoms with Gasteiger partial charge in [0.1, 0.15) is 17.0 Å².